The Morgan fingerprint density at radius 1 is 1.33 bits per heavy atom. The van der Waals surface area contributed by atoms with Crippen LogP contribution in [0.5, 0.6) is 0 Å². The topological polar surface area (TPSA) is 64.2 Å². The number of hydrogen-bond acceptors (Lipinski definition) is 4. The van der Waals surface area contributed by atoms with E-state index in [0.717, 1.165) is 29.0 Å². The third-order valence-electron chi connectivity index (χ3n) is 5.09. The first-order valence-corrected chi connectivity index (χ1v) is 8.38. The number of carbonyl (C=O) groups excluding carboxylic acids is 1. The Morgan fingerprint density at radius 3 is 2.62 bits per heavy atom. The van der Waals surface area contributed by atoms with E-state index in [1.54, 1.807) is 0 Å². The summed E-state index contributed by atoms with van der Waals surface area (Å²) in [5.41, 5.74) is 7.76. The van der Waals surface area contributed by atoms with Gasteiger partial charge in [0, 0.05) is 20.1 Å². The molecular weight excluding hydrogens is 284 g/mol. The molecular formula is C15H20N4OS. The number of aryl methyl sites for hydroxylation is 2. The van der Waals surface area contributed by atoms with Crippen molar-refractivity contribution >= 4 is 33.1 Å². The summed E-state index contributed by atoms with van der Waals surface area (Å²) in [6, 6.07) is 0. The van der Waals surface area contributed by atoms with Gasteiger partial charge in [-0.05, 0) is 31.6 Å². The zero-order chi connectivity index (χ0) is 14.7. The van der Waals surface area contributed by atoms with E-state index in [1.807, 2.05) is 23.6 Å². The number of nitrogens with zero attached hydrogens (tertiary/aromatic N) is 3. The van der Waals surface area contributed by atoms with Gasteiger partial charge in [-0.2, -0.15) is 5.10 Å². The standard InChI is InChI=1S/C15H20N4OS/c1-8-11-12(16)13(21-15(11)18(2)17-8)14(20)19-6-9-4-3-5-10(9)7-19/h9-10H,3-7,16H2,1-2H3. The lowest BCUT2D eigenvalue weighted by Gasteiger charge is -2.16. The largest absolute Gasteiger partial charge is 0.397 e. The second-order valence-corrected chi connectivity index (χ2v) is 7.39. The van der Waals surface area contributed by atoms with Crippen molar-refractivity contribution in [2.45, 2.75) is 26.2 Å². The normalized spacial score (nSPS) is 25.0. The molecule has 0 spiro atoms. The summed E-state index contributed by atoms with van der Waals surface area (Å²) in [6.07, 6.45) is 3.88. The van der Waals surface area contributed by atoms with Crippen molar-refractivity contribution in [3.05, 3.63) is 10.6 Å². The van der Waals surface area contributed by atoms with Crippen LogP contribution >= 0.6 is 11.3 Å². The van der Waals surface area contributed by atoms with Gasteiger partial charge in [-0.1, -0.05) is 6.42 Å². The second-order valence-electron chi connectivity index (χ2n) is 6.40. The van der Waals surface area contributed by atoms with Crippen LogP contribution in [0.15, 0.2) is 0 Å². The fourth-order valence-corrected chi connectivity index (χ4v) is 5.19. The van der Waals surface area contributed by atoms with Gasteiger partial charge in [-0.25, -0.2) is 0 Å². The van der Waals surface area contributed by atoms with E-state index in [0.29, 0.717) is 22.4 Å². The third kappa shape index (κ3) is 1.81. The highest BCUT2D eigenvalue weighted by molar-refractivity contribution is 7.21. The summed E-state index contributed by atoms with van der Waals surface area (Å²) in [5, 5.41) is 5.33. The van der Waals surface area contributed by atoms with Crippen LogP contribution in [-0.2, 0) is 7.05 Å². The molecule has 2 aromatic heterocycles. The van der Waals surface area contributed by atoms with E-state index in [1.165, 1.54) is 30.6 Å². The minimum Gasteiger partial charge on any atom is -0.397 e. The monoisotopic (exact) mass is 304 g/mol. The first kappa shape index (κ1) is 13.1. The molecule has 3 heterocycles. The number of thiophene rings is 1. The lowest BCUT2D eigenvalue weighted by Crippen LogP contribution is -2.29. The number of nitrogens with two attached hydrogens (primary N) is 1. The molecule has 2 aromatic rings. The highest BCUT2D eigenvalue weighted by Crippen LogP contribution is 2.41. The summed E-state index contributed by atoms with van der Waals surface area (Å²) in [4.78, 5) is 16.5. The van der Waals surface area contributed by atoms with Gasteiger partial charge in [0.15, 0.2) is 0 Å². The van der Waals surface area contributed by atoms with Gasteiger partial charge < -0.3 is 10.6 Å². The fourth-order valence-electron chi connectivity index (χ4n) is 4.03. The van der Waals surface area contributed by atoms with Crippen LogP contribution in [0.25, 0.3) is 10.2 Å². The lowest BCUT2D eigenvalue weighted by atomic mass is 10.0. The average molecular weight is 304 g/mol. The highest BCUT2D eigenvalue weighted by atomic mass is 32.1. The summed E-state index contributed by atoms with van der Waals surface area (Å²) >= 11 is 1.48. The van der Waals surface area contributed by atoms with Crippen LogP contribution in [0.3, 0.4) is 0 Å². The molecule has 2 fully saturated rings. The van der Waals surface area contributed by atoms with Crippen molar-refractivity contribution < 1.29 is 4.79 Å². The smallest absolute Gasteiger partial charge is 0.266 e. The molecule has 1 amide bonds. The Kier molecular flexibility index (Phi) is 2.79. The van der Waals surface area contributed by atoms with Gasteiger partial charge >= 0.3 is 0 Å². The Labute approximate surface area is 127 Å². The SMILES string of the molecule is Cc1nn(C)c2sc(C(=O)N3CC4CCCC4C3)c(N)c12. The van der Waals surface area contributed by atoms with Crippen LogP contribution in [0.2, 0.25) is 0 Å². The van der Waals surface area contributed by atoms with Gasteiger partial charge in [-0.15, -0.1) is 11.3 Å². The zero-order valence-corrected chi connectivity index (χ0v) is 13.2. The quantitative estimate of drug-likeness (QED) is 0.880. The van der Waals surface area contributed by atoms with E-state index in [9.17, 15) is 4.79 Å². The van der Waals surface area contributed by atoms with Gasteiger partial charge in [0.2, 0.25) is 0 Å². The van der Waals surface area contributed by atoms with Gasteiger partial charge in [0.25, 0.3) is 5.91 Å². The number of fused-ring (bicyclic) bond motifs is 2. The van der Waals surface area contributed by atoms with Crippen molar-refractivity contribution in [1.29, 1.82) is 0 Å². The maximum absolute atomic E-state index is 12.8. The molecule has 2 aliphatic rings. The molecule has 2 atom stereocenters. The lowest BCUT2D eigenvalue weighted by molar-refractivity contribution is 0.0786. The summed E-state index contributed by atoms with van der Waals surface area (Å²) in [5.74, 6) is 1.54. The molecule has 112 valence electrons. The number of hydrogen-bond donors (Lipinski definition) is 1. The van der Waals surface area contributed by atoms with Gasteiger partial charge in [0.1, 0.15) is 9.71 Å². The van der Waals surface area contributed by atoms with Crippen LogP contribution in [0.4, 0.5) is 5.69 Å². The maximum Gasteiger partial charge on any atom is 0.266 e. The van der Waals surface area contributed by atoms with Crippen LogP contribution < -0.4 is 5.73 Å². The zero-order valence-electron chi connectivity index (χ0n) is 12.4. The second kappa shape index (κ2) is 4.47. The number of aromatic nitrogens is 2. The van der Waals surface area contributed by atoms with Crippen LogP contribution in [0.1, 0.15) is 34.6 Å². The molecule has 2 N–H and O–H groups in total. The van der Waals surface area contributed by atoms with E-state index < -0.39 is 0 Å². The van der Waals surface area contributed by atoms with Gasteiger partial charge in [0.05, 0.1) is 16.8 Å². The van der Waals surface area contributed by atoms with Gasteiger partial charge in [-0.3, -0.25) is 9.48 Å². The number of rotatable bonds is 1. The highest BCUT2D eigenvalue weighted by Gasteiger charge is 2.39. The number of amides is 1. The van der Waals surface area contributed by atoms with E-state index >= 15 is 0 Å². The minimum atomic E-state index is 0.113. The van der Waals surface area contributed by atoms with Crippen molar-refractivity contribution in [2.24, 2.45) is 18.9 Å². The van der Waals surface area contributed by atoms with Crippen molar-refractivity contribution in [2.75, 3.05) is 18.8 Å². The van der Waals surface area contributed by atoms with E-state index in [-0.39, 0.29) is 5.91 Å². The predicted octanol–water partition coefficient (Wildman–Crippen LogP) is 2.40. The summed E-state index contributed by atoms with van der Waals surface area (Å²) in [6.45, 7) is 3.77. The first-order chi connectivity index (χ1) is 10.1. The molecule has 6 heteroatoms. The molecule has 21 heavy (non-hydrogen) atoms. The Bertz CT molecular complexity index is 720. The molecule has 1 aliphatic carbocycles. The summed E-state index contributed by atoms with van der Waals surface area (Å²) in [7, 11) is 1.90. The van der Waals surface area contributed by atoms with Crippen LogP contribution in [-0.4, -0.2) is 33.7 Å². The fraction of sp³-hybridized carbons (Fsp3) is 0.600. The molecule has 0 aromatic carbocycles. The Hall–Kier alpha value is -1.56. The molecule has 1 saturated carbocycles. The van der Waals surface area contributed by atoms with E-state index in [4.69, 9.17) is 5.73 Å². The molecule has 5 nitrogen and oxygen atoms in total. The molecule has 2 unspecified atom stereocenters. The first-order valence-electron chi connectivity index (χ1n) is 7.57. The number of anilines is 1. The van der Waals surface area contributed by atoms with E-state index in [2.05, 4.69) is 5.10 Å². The molecule has 0 radical (unpaired) electrons. The maximum atomic E-state index is 12.8. The number of likely N-dealkylation sites (tertiary alicyclic amines) is 1. The van der Waals surface area contributed by atoms with Crippen LogP contribution in [0, 0.1) is 18.8 Å². The van der Waals surface area contributed by atoms with Crippen molar-refractivity contribution in [1.82, 2.24) is 14.7 Å². The third-order valence-corrected chi connectivity index (χ3v) is 6.35. The van der Waals surface area contributed by atoms with Crippen molar-refractivity contribution in [3.8, 4) is 0 Å². The Morgan fingerprint density at radius 2 is 2.00 bits per heavy atom. The van der Waals surface area contributed by atoms with Crippen molar-refractivity contribution in [3.63, 3.8) is 0 Å². The Balaban J connectivity index is 1.69. The molecule has 0 bridgehead atoms. The predicted molar refractivity (Wildman–Crippen MR) is 84.5 cm³/mol. The molecule has 1 aliphatic heterocycles. The summed E-state index contributed by atoms with van der Waals surface area (Å²) < 4.78 is 1.82. The molecule has 1 saturated heterocycles. The molecule has 4 rings (SSSR count). The number of carbonyl (C=O) groups is 1. The number of nitrogen functional groups attached to an aromatic ring is 1. The average Bonchev–Trinajstić information content (AvgIpc) is 3.12. The minimum absolute atomic E-state index is 0.113.